The van der Waals surface area contributed by atoms with Gasteiger partial charge >= 0.3 is 0 Å². The van der Waals surface area contributed by atoms with E-state index in [1.54, 1.807) is 0 Å². The van der Waals surface area contributed by atoms with Crippen molar-refractivity contribution in [1.29, 1.82) is 0 Å². The number of nitrogens with zero attached hydrogens (tertiary/aromatic N) is 3. The lowest BCUT2D eigenvalue weighted by Gasteiger charge is -2.14. The van der Waals surface area contributed by atoms with Crippen LogP contribution in [0.1, 0.15) is 0 Å². The molecule has 0 amide bonds. The second-order valence-corrected chi connectivity index (χ2v) is 13.1. The zero-order valence-electron chi connectivity index (χ0n) is 28.2. The van der Waals surface area contributed by atoms with Crippen molar-refractivity contribution in [3.8, 4) is 89.8 Å². The molecule has 0 aliphatic heterocycles. The van der Waals surface area contributed by atoms with Crippen LogP contribution in [0, 0.1) is 0 Å². The zero-order valence-corrected chi connectivity index (χ0v) is 28.2. The molecule has 0 saturated heterocycles. The minimum atomic E-state index is 0.637. The predicted molar refractivity (Wildman–Crippen MR) is 214 cm³/mol. The summed E-state index contributed by atoms with van der Waals surface area (Å²) in [5.74, 6) is 1.92. The molecule has 3 nitrogen and oxygen atoms in total. The normalized spacial score (nSPS) is 11.5. The highest BCUT2D eigenvalue weighted by molar-refractivity contribution is 6.18. The van der Waals surface area contributed by atoms with E-state index in [-0.39, 0.29) is 0 Å². The third-order valence-electron chi connectivity index (χ3n) is 10.1. The molecule has 1 aromatic heterocycles. The lowest BCUT2D eigenvalue weighted by atomic mass is 9.92. The molecular weight excluding hydrogens is 631 g/mol. The molecule has 0 saturated carbocycles. The van der Waals surface area contributed by atoms with E-state index in [1.807, 2.05) is 30.3 Å². The number of aromatic nitrogens is 3. The van der Waals surface area contributed by atoms with Gasteiger partial charge in [0, 0.05) is 16.7 Å². The molecule has 0 unspecified atom stereocenters. The molecule has 242 valence electrons. The summed E-state index contributed by atoms with van der Waals surface area (Å²) in [5.41, 5.74) is 14.9. The Kier molecular flexibility index (Phi) is 7.14. The molecule has 0 bridgehead atoms. The van der Waals surface area contributed by atoms with Crippen LogP contribution in [-0.2, 0) is 0 Å². The lowest BCUT2D eigenvalue weighted by molar-refractivity contribution is 1.07. The maximum absolute atomic E-state index is 5.19. The summed E-state index contributed by atoms with van der Waals surface area (Å²) in [6, 6.07) is 66.2. The van der Waals surface area contributed by atoms with Crippen molar-refractivity contribution in [3.63, 3.8) is 0 Å². The van der Waals surface area contributed by atoms with Crippen molar-refractivity contribution in [1.82, 2.24) is 15.0 Å². The predicted octanol–water partition coefficient (Wildman–Crippen LogP) is 12.7. The van der Waals surface area contributed by atoms with Crippen LogP contribution in [0.3, 0.4) is 0 Å². The van der Waals surface area contributed by atoms with Gasteiger partial charge in [-0.1, -0.05) is 188 Å². The maximum Gasteiger partial charge on any atom is 0.164 e. The molecule has 1 heterocycles. The Hall–Kier alpha value is -6.97. The van der Waals surface area contributed by atoms with Gasteiger partial charge in [0.15, 0.2) is 17.5 Å². The molecule has 10 rings (SSSR count). The third-order valence-corrected chi connectivity index (χ3v) is 10.1. The van der Waals surface area contributed by atoms with Crippen LogP contribution in [0.25, 0.3) is 101 Å². The molecule has 8 aromatic carbocycles. The molecule has 1 aliphatic carbocycles. The number of rotatable bonds is 6. The third kappa shape index (κ3) is 5.02. The SMILES string of the molecule is c1ccc(-c2nc(-c3ccccc3-c3ccccc3)nc(-c3ccccc3-c3ccc(-c4ccc5c6c(cccc46)-c4ccccc4-5)cc3)n2)cc1. The smallest absolute Gasteiger partial charge is 0.164 e. The summed E-state index contributed by atoms with van der Waals surface area (Å²) < 4.78 is 0. The molecule has 0 spiro atoms. The second-order valence-electron chi connectivity index (χ2n) is 13.1. The van der Waals surface area contributed by atoms with Crippen molar-refractivity contribution < 1.29 is 0 Å². The fourth-order valence-electron chi connectivity index (χ4n) is 7.70. The highest BCUT2D eigenvalue weighted by Crippen LogP contribution is 2.49. The molecule has 0 N–H and O–H groups in total. The highest BCUT2D eigenvalue weighted by Gasteiger charge is 2.22. The van der Waals surface area contributed by atoms with E-state index >= 15 is 0 Å². The first kappa shape index (κ1) is 29.9. The largest absolute Gasteiger partial charge is 0.208 e. The number of hydrogen-bond acceptors (Lipinski definition) is 3. The van der Waals surface area contributed by atoms with Gasteiger partial charge in [0.1, 0.15) is 0 Å². The molecule has 0 fully saturated rings. The lowest BCUT2D eigenvalue weighted by Crippen LogP contribution is -2.02. The maximum atomic E-state index is 5.19. The van der Waals surface area contributed by atoms with Crippen molar-refractivity contribution in [2.24, 2.45) is 0 Å². The van der Waals surface area contributed by atoms with Gasteiger partial charge in [-0.25, -0.2) is 15.0 Å². The van der Waals surface area contributed by atoms with Crippen LogP contribution in [-0.4, -0.2) is 15.0 Å². The highest BCUT2D eigenvalue weighted by atomic mass is 15.0. The molecule has 9 aromatic rings. The van der Waals surface area contributed by atoms with Gasteiger partial charge in [-0.2, -0.15) is 0 Å². The Morgan fingerprint density at radius 1 is 0.212 bits per heavy atom. The van der Waals surface area contributed by atoms with Crippen LogP contribution >= 0.6 is 0 Å². The fraction of sp³-hybridized carbons (Fsp3) is 0. The van der Waals surface area contributed by atoms with E-state index in [4.69, 9.17) is 15.0 Å². The molecular formula is C49H31N3. The first-order chi connectivity index (χ1) is 25.8. The van der Waals surface area contributed by atoms with Crippen molar-refractivity contribution >= 4 is 10.8 Å². The Morgan fingerprint density at radius 2 is 0.596 bits per heavy atom. The number of fused-ring (bicyclic) bond motifs is 3. The van der Waals surface area contributed by atoms with Crippen LogP contribution < -0.4 is 0 Å². The van der Waals surface area contributed by atoms with Crippen LogP contribution in [0.15, 0.2) is 188 Å². The van der Waals surface area contributed by atoms with Crippen LogP contribution in [0.2, 0.25) is 0 Å². The van der Waals surface area contributed by atoms with E-state index in [2.05, 4.69) is 158 Å². The Morgan fingerprint density at radius 3 is 1.17 bits per heavy atom. The average Bonchev–Trinajstić information content (AvgIpc) is 3.56. The van der Waals surface area contributed by atoms with Gasteiger partial charge in [-0.05, 0) is 66.4 Å². The minimum Gasteiger partial charge on any atom is -0.208 e. The minimum absolute atomic E-state index is 0.637. The van der Waals surface area contributed by atoms with Crippen LogP contribution in [0.4, 0.5) is 0 Å². The van der Waals surface area contributed by atoms with Gasteiger partial charge in [0.05, 0.1) is 0 Å². The first-order valence-corrected chi connectivity index (χ1v) is 17.6. The number of benzene rings is 8. The zero-order chi connectivity index (χ0) is 34.4. The molecule has 1 aliphatic rings. The van der Waals surface area contributed by atoms with E-state index < -0.39 is 0 Å². The fourth-order valence-corrected chi connectivity index (χ4v) is 7.70. The second kappa shape index (κ2) is 12.4. The molecule has 3 heteroatoms. The first-order valence-electron chi connectivity index (χ1n) is 17.6. The Balaban J connectivity index is 1.08. The van der Waals surface area contributed by atoms with E-state index in [1.165, 1.54) is 44.2 Å². The summed E-state index contributed by atoms with van der Waals surface area (Å²) in [7, 11) is 0. The molecule has 0 atom stereocenters. The van der Waals surface area contributed by atoms with Gasteiger partial charge in [0.25, 0.3) is 0 Å². The summed E-state index contributed by atoms with van der Waals surface area (Å²) in [6.45, 7) is 0. The van der Waals surface area contributed by atoms with Gasteiger partial charge in [-0.3, -0.25) is 0 Å². The monoisotopic (exact) mass is 661 g/mol. The van der Waals surface area contributed by atoms with Gasteiger partial charge in [0.2, 0.25) is 0 Å². The van der Waals surface area contributed by atoms with Gasteiger partial charge < -0.3 is 0 Å². The Bertz CT molecular complexity index is 2740. The summed E-state index contributed by atoms with van der Waals surface area (Å²) >= 11 is 0. The van der Waals surface area contributed by atoms with Crippen molar-refractivity contribution in [3.05, 3.63) is 188 Å². The summed E-state index contributed by atoms with van der Waals surface area (Å²) in [6.07, 6.45) is 0. The van der Waals surface area contributed by atoms with E-state index in [0.29, 0.717) is 17.5 Å². The quantitative estimate of drug-likeness (QED) is 0.178. The molecule has 0 radical (unpaired) electrons. The standard InChI is InChI=1S/C49H31N3/c1-3-14-32(15-4-1)36-18-7-11-22-44(36)48-50-47(35-16-5-2-6-17-35)51-49(52-48)45-23-12-8-19-37(45)33-26-28-34(29-27-33)38-30-31-43-40-21-10-9-20-39(40)42-25-13-24-41(38)46(42)43/h1-31H. The van der Waals surface area contributed by atoms with Crippen molar-refractivity contribution in [2.75, 3.05) is 0 Å². The Labute approximate surface area is 302 Å². The van der Waals surface area contributed by atoms with Gasteiger partial charge in [-0.15, -0.1) is 0 Å². The van der Waals surface area contributed by atoms with Crippen molar-refractivity contribution in [2.45, 2.75) is 0 Å². The van der Waals surface area contributed by atoms with E-state index in [9.17, 15) is 0 Å². The number of hydrogen-bond donors (Lipinski definition) is 0. The average molecular weight is 662 g/mol. The van der Waals surface area contributed by atoms with Crippen LogP contribution in [0.5, 0.6) is 0 Å². The summed E-state index contributed by atoms with van der Waals surface area (Å²) in [4.78, 5) is 15.4. The topological polar surface area (TPSA) is 38.7 Å². The summed E-state index contributed by atoms with van der Waals surface area (Å²) in [5, 5.41) is 2.62. The van der Waals surface area contributed by atoms with E-state index in [0.717, 1.165) is 38.9 Å². The molecule has 52 heavy (non-hydrogen) atoms.